The van der Waals surface area contributed by atoms with E-state index in [2.05, 4.69) is 0 Å². The zero-order valence-electron chi connectivity index (χ0n) is 11.1. The number of benzene rings is 3. The standard InChI is InChI=1S/C16H14O4/c1-8-5-10-6-9-3-4-13(17)15(19)11(9)7-12(10)16(20-2)14(8)18/h3-7,17-19H,1-2H3. The molecule has 3 rings (SSSR count). The minimum Gasteiger partial charge on any atom is -0.504 e. The number of phenolic OH excluding ortho intramolecular Hbond substituents is 3. The SMILES string of the molecule is COc1c(O)c(C)cc2cc3ccc(O)c(O)c3cc12. The Bertz CT molecular complexity index is 837. The number of rotatable bonds is 1. The molecule has 0 atom stereocenters. The van der Waals surface area contributed by atoms with Crippen molar-refractivity contribution in [1.29, 1.82) is 0 Å². The molecule has 0 aliphatic rings. The third kappa shape index (κ3) is 1.61. The lowest BCUT2D eigenvalue weighted by molar-refractivity contribution is 0.376. The van der Waals surface area contributed by atoms with Crippen LogP contribution in [0.5, 0.6) is 23.0 Å². The summed E-state index contributed by atoms with van der Waals surface area (Å²) in [6.07, 6.45) is 0. The maximum absolute atomic E-state index is 10.1. The zero-order valence-corrected chi connectivity index (χ0v) is 11.1. The van der Waals surface area contributed by atoms with Gasteiger partial charge in [-0.3, -0.25) is 0 Å². The molecule has 0 radical (unpaired) electrons. The van der Waals surface area contributed by atoms with Crippen molar-refractivity contribution in [2.24, 2.45) is 0 Å². The average Bonchev–Trinajstić information content (AvgIpc) is 2.43. The molecule has 0 heterocycles. The second-order valence-corrected chi connectivity index (χ2v) is 4.80. The number of fused-ring (bicyclic) bond motifs is 2. The fourth-order valence-corrected chi connectivity index (χ4v) is 2.49. The van der Waals surface area contributed by atoms with Gasteiger partial charge in [-0.15, -0.1) is 0 Å². The summed E-state index contributed by atoms with van der Waals surface area (Å²) < 4.78 is 5.26. The van der Waals surface area contributed by atoms with E-state index in [1.54, 1.807) is 19.1 Å². The molecule has 0 aliphatic heterocycles. The number of aromatic hydroxyl groups is 3. The van der Waals surface area contributed by atoms with Crippen LogP contribution >= 0.6 is 0 Å². The highest BCUT2D eigenvalue weighted by Gasteiger charge is 2.14. The third-order valence-corrected chi connectivity index (χ3v) is 3.55. The topological polar surface area (TPSA) is 69.9 Å². The van der Waals surface area contributed by atoms with E-state index in [1.165, 1.54) is 13.2 Å². The first kappa shape index (κ1) is 12.4. The van der Waals surface area contributed by atoms with Crippen LogP contribution in [-0.4, -0.2) is 22.4 Å². The molecule has 3 N–H and O–H groups in total. The van der Waals surface area contributed by atoms with Crippen molar-refractivity contribution >= 4 is 21.5 Å². The largest absolute Gasteiger partial charge is 0.504 e. The summed E-state index contributed by atoms with van der Waals surface area (Å²) in [5, 5.41) is 32.5. The zero-order chi connectivity index (χ0) is 14.4. The molecule has 0 saturated carbocycles. The van der Waals surface area contributed by atoms with Crippen molar-refractivity contribution in [2.45, 2.75) is 6.92 Å². The molecule has 3 aromatic rings. The average molecular weight is 270 g/mol. The molecule has 0 amide bonds. The lowest BCUT2D eigenvalue weighted by atomic mass is 9.99. The molecule has 0 bridgehead atoms. The van der Waals surface area contributed by atoms with Crippen LogP contribution < -0.4 is 4.74 Å². The Morgan fingerprint density at radius 2 is 1.60 bits per heavy atom. The number of hydrogen-bond acceptors (Lipinski definition) is 4. The van der Waals surface area contributed by atoms with E-state index in [0.717, 1.165) is 16.3 Å². The van der Waals surface area contributed by atoms with Crippen LogP contribution in [0.15, 0.2) is 30.3 Å². The maximum Gasteiger partial charge on any atom is 0.168 e. The number of phenols is 3. The Balaban J connectivity index is 2.52. The smallest absolute Gasteiger partial charge is 0.168 e. The normalized spacial score (nSPS) is 11.1. The second kappa shape index (κ2) is 4.20. The molecule has 4 nitrogen and oxygen atoms in total. The van der Waals surface area contributed by atoms with Gasteiger partial charge in [0.15, 0.2) is 23.0 Å². The molecule has 4 heteroatoms. The van der Waals surface area contributed by atoms with E-state index in [0.29, 0.717) is 16.5 Å². The quantitative estimate of drug-likeness (QED) is 0.468. The first-order chi connectivity index (χ1) is 9.52. The van der Waals surface area contributed by atoms with E-state index in [1.807, 2.05) is 12.1 Å². The van der Waals surface area contributed by atoms with Gasteiger partial charge in [-0.2, -0.15) is 0 Å². The number of hydrogen-bond donors (Lipinski definition) is 3. The Hall–Kier alpha value is -2.62. The highest BCUT2D eigenvalue weighted by Crippen LogP contribution is 2.42. The van der Waals surface area contributed by atoms with Gasteiger partial charge in [-0.1, -0.05) is 6.07 Å². The van der Waals surface area contributed by atoms with Crippen molar-refractivity contribution in [3.8, 4) is 23.0 Å². The minimum atomic E-state index is -0.175. The summed E-state index contributed by atoms with van der Waals surface area (Å²) in [4.78, 5) is 0. The second-order valence-electron chi connectivity index (χ2n) is 4.80. The molecule has 0 fully saturated rings. The predicted molar refractivity (Wildman–Crippen MR) is 77.7 cm³/mol. The van der Waals surface area contributed by atoms with Crippen LogP contribution in [0.1, 0.15) is 5.56 Å². The molecule has 0 saturated heterocycles. The van der Waals surface area contributed by atoms with Gasteiger partial charge >= 0.3 is 0 Å². The number of aryl methyl sites for hydroxylation is 1. The van der Waals surface area contributed by atoms with Gasteiger partial charge < -0.3 is 20.1 Å². The molecule has 0 aliphatic carbocycles. The molecule has 20 heavy (non-hydrogen) atoms. The monoisotopic (exact) mass is 270 g/mol. The summed E-state index contributed by atoms with van der Waals surface area (Å²) in [6, 6.07) is 8.64. The van der Waals surface area contributed by atoms with Crippen molar-refractivity contribution in [3.05, 3.63) is 35.9 Å². The molecule has 0 unspecified atom stereocenters. The van der Waals surface area contributed by atoms with Gasteiger partial charge in [0.2, 0.25) is 0 Å². The summed E-state index contributed by atoms with van der Waals surface area (Å²) in [6.45, 7) is 1.80. The van der Waals surface area contributed by atoms with E-state index >= 15 is 0 Å². The van der Waals surface area contributed by atoms with Crippen LogP contribution in [0, 0.1) is 6.92 Å². The van der Waals surface area contributed by atoms with Crippen molar-refractivity contribution in [3.63, 3.8) is 0 Å². The van der Waals surface area contributed by atoms with Crippen LogP contribution in [0.2, 0.25) is 0 Å². The highest BCUT2D eigenvalue weighted by atomic mass is 16.5. The molecular weight excluding hydrogens is 256 g/mol. The highest BCUT2D eigenvalue weighted by molar-refractivity contribution is 6.05. The Morgan fingerprint density at radius 1 is 0.850 bits per heavy atom. The lowest BCUT2D eigenvalue weighted by Crippen LogP contribution is -1.89. The Morgan fingerprint density at radius 3 is 2.30 bits per heavy atom. The third-order valence-electron chi connectivity index (χ3n) is 3.55. The maximum atomic E-state index is 10.1. The molecule has 0 aromatic heterocycles. The van der Waals surface area contributed by atoms with Crippen LogP contribution in [-0.2, 0) is 0 Å². The van der Waals surface area contributed by atoms with Gasteiger partial charge in [0.25, 0.3) is 0 Å². The van der Waals surface area contributed by atoms with E-state index < -0.39 is 0 Å². The molecule has 3 aromatic carbocycles. The summed E-state index contributed by atoms with van der Waals surface area (Å²) in [5.41, 5.74) is 0.719. The van der Waals surface area contributed by atoms with Crippen LogP contribution in [0.4, 0.5) is 0 Å². The summed E-state index contributed by atoms with van der Waals surface area (Å²) in [7, 11) is 1.49. The summed E-state index contributed by atoms with van der Waals surface area (Å²) >= 11 is 0. The van der Waals surface area contributed by atoms with Crippen molar-refractivity contribution in [2.75, 3.05) is 7.11 Å². The van der Waals surface area contributed by atoms with Gasteiger partial charge in [0, 0.05) is 10.8 Å². The molecule has 102 valence electrons. The van der Waals surface area contributed by atoms with Crippen molar-refractivity contribution < 1.29 is 20.1 Å². The predicted octanol–water partition coefficient (Wildman–Crippen LogP) is 3.43. The number of methoxy groups -OCH3 is 1. The Labute approximate surface area is 115 Å². The van der Waals surface area contributed by atoms with Gasteiger partial charge in [0.05, 0.1) is 7.11 Å². The van der Waals surface area contributed by atoms with Gasteiger partial charge in [-0.05, 0) is 47.5 Å². The van der Waals surface area contributed by atoms with E-state index in [4.69, 9.17) is 4.74 Å². The first-order valence-corrected chi connectivity index (χ1v) is 6.18. The van der Waals surface area contributed by atoms with Gasteiger partial charge in [-0.25, -0.2) is 0 Å². The van der Waals surface area contributed by atoms with Crippen LogP contribution in [0.3, 0.4) is 0 Å². The number of ether oxygens (including phenoxy) is 1. The van der Waals surface area contributed by atoms with E-state index in [-0.39, 0.29) is 17.2 Å². The molecule has 0 spiro atoms. The van der Waals surface area contributed by atoms with Gasteiger partial charge in [0.1, 0.15) is 0 Å². The first-order valence-electron chi connectivity index (χ1n) is 6.18. The fourth-order valence-electron chi connectivity index (χ4n) is 2.49. The molecular formula is C16H14O4. The fraction of sp³-hybridized carbons (Fsp3) is 0.125. The van der Waals surface area contributed by atoms with Crippen molar-refractivity contribution in [1.82, 2.24) is 0 Å². The lowest BCUT2D eigenvalue weighted by Gasteiger charge is -2.12. The van der Waals surface area contributed by atoms with Crippen LogP contribution in [0.25, 0.3) is 21.5 Å². The minimum absolute atomic E-state index is 0.0824. The van der Waals surface area contributed by atoms with E-state index in [9.17, 15) is 15.3 Å². The summed E-state index contributed by atoms with van der Waals surface area (Å²) in [5.74, 6) is 0.0994. The Kier molecular flexibility index (Phi) is 2.61.